The second kappa shape index (κ2) is 7.32. The molecule has 5 nitrogen and oxygen atoms in total. The number of carbonyl (C=O) groups excluding carboxylic acids is 2. The van der Waals surface area contributed by atoms with Gasteiger partial charge in [0.15, 0.2) is 0 Å². The highest BCUT2D eigenvalue weighted by molar-refractivity contribution is 6.30. The van der Waals surface area contributed by atoms with Gasteiger partial charge in [-0.1, -0.05) is 41.9 Å². The van der Waals surface area contributed by atoms with Crippen LogP contribution in [0.2, 0.25) is 5.02 Å². The number of nitrogens with zero attached hydrogens (tertiary/aromatic N) is 2. The number of fused-ring (bicyclic) bond motifs is 1. The maximum Gasteiger partial charge on any atom is 0.246 e. The number of benzene rings is 2. The first-order valence-electron chi connectivity index (χ1n) is 9.28. The normalized spacial score (nSPS) is 20.2. The maximum atomic E-state index is 13.1. The van der Waals surface area contributed by atoms with Crippen LogP contribution in [-0.4, -0.2) is 52.8 Å². The Morgan fingerprint density at radius 3 is 2.18 bits per heavy atom. The van der Waals surface area contributed by atoms with Crippen LogP contribution in [0.15, 0.2) is 54.7 Å². The Kier molecular flexibility index (Phi) is 4.85. The van der Waals surface area contributed by atoms with Gasteiger partial charge in [-0.3, -0.25) is 9.59 Å². The quantitative estimate of drug-likeness (QED) is 0.737. The number of hydrogen-bond donors (Lipinski definition) is 1. The van der Waals surface area contributed by atoms with Crippen molar-refractivity contribution in [3.05, 3.63) is 70.9 Å². The SMILES string of the molecule is CN1C(=O)[C@H](Cc2c[nH]c3ccccc23)N(C)C(=O)[C@@H]1Cc1ccc(Cl)cc1. The molecule has 2 amide bonds. The largest absolute Gasteiger partial charge is 0.361 e. The molecule has 1 aromatic heterocycles. The molecule has 2 atom stereocenters. The maximum absolute atomic E-state index is 13.1. The number of halogens is 1. The first-order chi connectivity index (χ1) is 13.5. The molecule has 0 spiro atoms. The minimum atomic E-state index is -0.502. The second-order valence-electron chi connectivity index (χ2n) is 7.32. The molecule has 1 fully saturated rings. The predicted octanol–water partition coefficient (Wildman–Crippen LogP) is 3.27. The summed E-state index contributed by atoms with van der Waals surface area (Å²) in [7, 11) is 3.44. The number of hydrogen-bond acceptors (Lipinski definition) is 2. The predicted molar refractivity (Wildman–Crippen MR) is 110 cm³/mol. The Labute approximate surface area is 168 Å². The third-order valence-corrected chi connectivity index (χ3v) is 5.88. The van der Waals surface area contributed by atoms with E-state index in [1.807, 2.05) is 42.6 Å². The first-order valence-corrected chi connectivity index (χ1v) is 9.66. The molecule has 1 saturated heterocycles. The fraction of sp³-hybridized carbons (Fsp3) is 0.273. The minimum Gasteiger partial charge on any atom is -0.361 e. The van der Waals surface area contributed by atoms with Crippen LogP contribution >= 0.6 is 11.6 Å². The zero-order valence-corrected chi connectivity index (χ0v) is 16.6. The molecule has 0 bridgehead atoms. The van der Waals surface area contributed by atoms with E-state index >= 15 is 0 Å². The molecule has 0 unspecified atom stereocenters. The molecule has 1 aliphatic rings. The van der Waals surface area contributed by atoms with E-state index in [4.69, 9.17) is 11.6 Å². The average molecular weight is 396 g/mol. The summed E-state index contributed by atoms with van der Waals surface area (Å²) in [5, 5.41) is 1.74. The Bertz CT molecular complexity index is 1030. The number of piperazine rings is 1. The topological polar surface area (TPSA) is 56.4 Å². The van der Waals surface area contributed by atoms with Gasteiger partial charge < -0.3 is 14.8 Å². The number of nitrogens with one attached hydrogen (secondary N) is 1. The van der Waals surface area contributed by atoms with Crippen molar-refractivity contribution in [1.29, 1.82) is 0 Å². The van der Waals surface area contributed by atoms with E-state index in [9.17, 15) is 9.59 Å². The number of H-pyrrole nitrogens is 1. The van der Waals surface area contributed by atoms with Crippen LogP contribution in [0.4, 0.5) is 0 Å². The number of amides is 2. The number of likely N-dealkylation sites (N-methyl/N-ethyl adjacent to an activating group) is 2. The minimum absolute atomic E-state index is 0.0358. The van der Waals surface area contributed by atoms with Crippen LogP contribution in [0.5, 0.6) is 0 Å². The summed E-state index contributed by atoms with van der Waals surface area (Å²) in [5.41, 5.74) is 3.05. The highest BCUT2D eigenvalue weighted by Crippen LogP contribution is 2.25. The van der Waals surface area contributed by atoms with Crippen LogP contribution in [0.25, 0.3) is 10.9 Å². The van der Waals surface area contributed by atoms with Gasteiger partial charge in [0.2, 0.25) is 11.8 Å². The smallest absolute Gasteiger partial charge is 0.246 e. The van der Waals surface area contributed by atoms with Gasteiger partial charge in [-0.25, -0.2) is 0 Å². The molecule has 28 heavy (non-hydrogen) atoms. The van der Waals surface area contributed by atoms with E-state index in [0.717, 1.165) is 22.0 Å². The summed E-state index contributed by atoms with van der Waals surface area (Å²) < 4.78 is 0. The third kappa shape index (κ3) is 3.27. The number of rotatable bonds is 4. The lowest BCUT2D eigenvalue weighted by Crippen LogP contribution is -2.63. The van der Waals surface area contributed by atoms with Crippen molar-refractivity contribution in [2.24, 2.45) is 0 Å². The van der Waals surface area contributed by atoms with Gasteiger partial charge in [-0.15, -0.1) is 0 Å². The van der Waals surface area contributed by atoms with E-state index in [1.165, 1.54) is 0 Å². The Balaban J connectivity index is 1.56. The van der Waals surface area contributed by atoms with Crippen molar-refractivity contribution in [2.75, 3.05) is 14.1 Å². The van der Waals surface area contributed by atoms with Gasteiger partial charge in [0.05, 0.1) is 0 Å². The average Bonchev–Trinajstić information content (AvgIpc) is 3.11. The molecule has 4 rings (SSSR count). The molecule has 144 valence electrons. The summed E-state index contributed by atoms with van der Waals surface area (Å²) in [5.74, 6) is -0.0757. The van der Waals surface area contributed by atoms with E-state index < -0.39 is 12.1 Å². The van der Waals surface area contributed by atoms with Crippen molar-refractivity contribution >= 4 is 34.3 Å². The van der Waals surface area contributed by atoms with Gasteiger partial charge in [-0.05, 0) is 29.3 Å². The van der Waals surface area contributed by atoms with Gasteiger partial charge >= 0.3 is 0 Å². The highest BCUT2D eigenvalue weighted by atomic mass is 35.5. The monoisotopic (exact) mass is 395 g/mol. The lowest BCUT2D eigenvalue weighted by Gasteiger charge is -2.42. The summed E-state index contributed by atoms with van der Waals surface area (Å²) in [6.07, 6.45) is 2.89. The van der Waals surface area contributed by atoms with Crippen LogP contribution in [0, 0.1) is 0 Å². The van der Waals surface area contributed by atoms with E-state index in [0.29, 0.717) is 17.9 Å². The second-order valence-corrected chi connectivity index (χ2v) is 7.76. The molecular weight excluding hydrogens is 374 g/mol. The lowest BCUT2D eigenvalue weighted by atomic mass is 9.95. The van der Waals surface area contributed by atoms with Crippen molar-refractivity contribution < 1.29 is 9.59 Å². The Morgan fingerprint density at radius 2 is 1.50 bits per heavy atom. The van der Waals surface area contributed by atoms with Crippen LogP contribution in [0.3, 0.4) is 0 Å². The van der Waals surface area contributed by atoms with E-state index in [-0.39, 0.29) is 11.8 Å². The highest BCUT2D eigenvalue weighted by Gasteiger charge is 2.42. The van der Waals surface area contributed by atoms with Crippen molar-refractivity contribution in [3.63, 3.8) is 0 Å². The first kappa shape index (κ1) is 18.6. The zero-order valence-electron chi connectivity index (χ0n) is 15.9. The molecule has 0 aliphatic carbocycles. The van der Waals surface area contributed by atoms with E-state index in [2.05, 4.69) is 4.98 Å². The fourth-order valence-electron chi connectivity index (χ4n) is 3.91. The van der Waals surface area contributed by atoms with Gasteiger partial charge in [0.25, 0.3) is 0 Å². The summed E-state index contributed by atoms with van der Waals surface area (Å²) in [4.78, 5) is 32.6. The molecule has 3 aromatic rings. The number of carbonyl (C=O) groups is 2. The van der Waals surface area contributed by atoms with Crippen LogP contribution in [-0.2, 0) is 22.4 Å². The Morgan fingerprint density at radius 1 is 0.893 bits per heavy atom. The third-order valence-electron chi connectivity index (χ3n) is 5.63. The lowest BCUT2D eigenvalue weighted by molar-refractivity contribution is -0.158. The molecule has 6 heteroatoms. The number of aromatic amines is 1. The molecule has 1 aliphatic heterocycles. The van der Waals surface area contributed by atoms with Crippen molar-refractivity contribution in [1.82, 2.24) is 14.8 Å². The number of aromatic nitrogens is 1. The molecule has 2 aromatic carbocycles. The fourth-order valence-corrected chi connectivity index (χ4v) is 4.04. The van der Waals surface area contributed by atoms with Gasteiger partial charge in [0.1, 0.15) is 12.1 Å². The molecule has 1 N–H and O–H groups in total. The number of para-hydroxylation sites is 1. The van der Waals surface area contributed by atoms with Gasteiger partial charge in [0, 0.05) is 49.1 Å². The Hall–Kier alpha value is -2.79. The van der Waals surface area contributed by atoms with E-state index in [1.54, 1.807) is 36.0 Å². The molecule has 0 radical (unpaired) electrons. The molecular formula is C22H22ClN3O2. The van der Waals surface area contributed by atoms with Gasteiger partial charge in [-0.2, -0.15) is 0 Å². The van der Waals surface area contributed by atoms with Crippen LogP contribution < -0.4 is 0 Å². The van der Waals surface area contributed by atoms with Crippen molar-refractivity contribution in [3.8, 4) is 0 Å². The standard InChI is InChI=1S/C22H22ClN3O2/c1-25-19(11-14-7-9-16(23)10-8-14)21(27)26(2)20(22(25)28)12-15-13-24-18-6-4-3-5-17(15)18/h3-10,13,19-20,24H,11-12H2,1-2H3/t19-,20-/m0/s1. The zero-order chi connectivity index (χ0) is 19.8. The molecule has 0 saturated carbocycles. The summed E-state index contributed by atoms with van der Waals surface area (Å²) in [6.45, 7) is 0. The van der Waals surface area contributed by atoms with Crippen molar-refractivity contribution in [2.45, 2.75) is 24.9 Å². The summed E-state index contributed by atoms with van der Waals surface area (Å²) >= 11 is 5.94. The van der Waals surface area contributed by atoms with Crippen LogP contribution in [0.1, 0.15) is 11.1 Å². The summed E-state index contributed by atoms with van der Waals surface area (Å²) in [6, 6.07) is 14.4. The molecule has 2 heterocycles.